The number of rotatable bonds is 4. The number of thioether (sulfide) groups is 1. The number of likely N-dealkylation sites (N-methyl/N-ethyl adjacent to an activating group) is 1. The minimum Gasteiger partial charge on any atom is -0.493 e. The highest BCUT2D eigenvalue weighted by atomic mass is 127. The molecule has 0 radical (unpaired) electrons. The van der Waals surface area contributed by atoms with Crippen LogP contribution in [-0.4, -0.2) is 29.2 Å². The molecule has 1 aromatic carbocycles. The molecule has 2 rings (SSSR count). The first-order valence-corrected chi connectivity index (χ1v) is 8.14. The van der Waals surface area contributed by atoms with Gasteiger partial charge in [0.2, 0.25) is 0 Å². The molecule has 1 aliphatic heterocycles. The topological polar surface area (TPSA) is 46.6 Å². The Kier molecular flexibility index (Phi) is 5.09. The zero-order valence-corrected chi connectivity index (χ0v) is 14.2. The minimum atomic E-state index is -0.216. The van der Waals surface area contributed by atoms with E-state index in [0.717, 1.165) is 26.6 Å². The van der Waals surface area contributed by atoms with Crippen molar-refractivity contribution in [3.05, 3.63) is 32.2 Å². The molecule has 0 aliphatic carbocycles. The van der Waals surface area contributed by atoms with Gasteiger partial charge in [0.1, 0.15) is 5.75 Å². The van der Waals surface area contributed by atoms with Crippen molar-refractivity contribution in [2.45, 2.75) is 13.8 Å². The molecule has 0 unspecified atom stereocenters. The van der Waals surface area contributed by atoms with Gasteiger partial charge < -0.3 is 4.74 Å². The van der Waals surface area contributed by atoms with E-state index < -0.39 is 0 Å². The van der Waals surface area contributed by atoms with Gasteiger partial charge in [0.15, 0.2) is 0 Å². The third kappa shape index (κ3) is 3.17. The standard InChI is InChI=1S/C14H14INO3S/c1-3-16-13(17)12(20-14(16)18)8-9-5-6-11(19-4-2)10(15)7-9/h5-8H,3-4H2,1-2H3/b12-8+. The first-order chi connectivity index (χ1) is 9.56. The Bertz CT molecular complexity index is 586. The van der Waals surface area contributed by atoms with Crippen molar-refractivity contribution < 1.29 is 14.3 Å². The van der Waals surface area contributed by atoms with Crippen LogP contribution in [0.2, 0.25) is 0 Å². The minimum absolute atomic E-state index is 0.204. The van der Waals surface area contributed by atoms with E-state index in [4.69, 9.17) is 4.74 Å². The van der Waals surface area contributed by atoms with Gasteiger partial charge in [-0.25, -0.2) is 0 Å². The summed E-state index contributed by atoms with van der Waals surface area (Å²) in [4.78, 5) is 25.3. The predicted octanol–water partition coefficient (Wildman–Crippen LogP) is 3.75. The second kappa shape index (κ2) is 6.62. The van der Waals surface area contributed by atoms with Gasteiger partial charge in [0.05, 0.1) is 15.1 Å². The molecule has 0 aromatic heterocycles. The molecule has 1 aliphatic rings. The van der Waals surface area contributed by atoms with Crippen molar-refractivity contribution in [2.24, 2.45) is 0 Å². The van der Waals surface area contributed by atoms with Crippen molar-refractivity contribution in [1.29, 1.82) is 0 Å². The molecule has 1 fully saturated rings. The average Bonchev–Trinajstić information content (AvgIpc) is 2.67. The molecule has 0 N–H and O–H groups in total. The van der Waals surface area contributed by atoms with Crippen molar-refractivity contribution in [3.8, 4) is 5.75 Å². The number of ether oxygens (including phenoxy) is 1. The maximum atomic E-state index is 12.0. The molecule has 1 aromatic rings. The van der Waals surface area contributed by atoms with E-state index in [1.54, 1.807) is 13.0 Å². The summed E-state index contributed by atoms with van der Waals surface area (Å²) in [6.07, 6.45) is 1.75. The molecule has 2 amide bonds. The maximum Gasteiger partial charge on any atom is 0.293 e. The molecule has 0 spiro atoms. The summed E-state index contributed by atoms with van der Waals surface area (Å²) in [7, 11) is 0. The SMILES string of the molecule is CCOc1ccc(/C=C2/SC(=O)N(CC)C2=O)cc1I. The Morgan fingerprint density at radius 2 is 2.10 bits per heavy atom. The normalized spacial score (nSPS) is 17.1. The van der Waals surface area contributed by atoms with Crippen molar-refractivity contribution in [2.75, 3.05) is 13.2 Å². The first kappa shape index (κ1) is 15.4. The molecular weight excluding hydrogens is 389 g/mol. The molecule has 0 saturated carbocycles. The van der Waals surface area contributed by atoms with Crippen LogP contribution in [0.4, 0.5) is 4.79 Å². The van der Waals surface area contributed by atoms with Crippen LogP contribution in [0.1, 0.15) is 19.4 Å². The zero-order valence-electron chi connectivity index (χ0n) is 11.2. The van der Waals surface area contributed by atoms with Gasteiger partial charge in [-0.15, -0.1) is 0 Å². The lowest BCUT2D eigenvalue weighted by atomic mass is 10.2. The highest BCUT2D eigenvalue weighted by Crippen LogP contribution is 2.32. The van der Waals surface area contributed by atoms with Crippen LogP contribution in [-0.2, 0) is 4.79 Å². The van der Waals surface area contributed by atoms with E-state index >= 15 is 0 Å². The number of carbonyl (C=O) groups excluding carboxylic acids is 2. The van der Waals surface area contributed by atoms with Gasteiger partial charge in [-0.2, -0.15) is 0 Å². The van der Waals surface area contributed by atoms with Crippen LogP contribution in [0.5, 0.6) is 5.75 Å². The van der Waals surface area contributed by atoms with E-state index in [2.05, 4.69) is 22.6 Å². The van der Waals surface area contributed by atoms with E-state index in [-0.39, 0.29) is 11.1 Å². The third-order valence-electron chi connectivity index (χ3n) is 2.74. The predicted molar refractivity (Wildman–Crippen MR) is 88.7 cm³/mol. The Hall–Kier alpha value is -1.02. The van der Waals surface area contributed by atoms with Gasteiger partial charge in [-0.1, -0.05) is 6.07 Å². The van der Waals surface area contributed by atoms with Crippen LogP contribution in [0.3, 0.4) is 0 Å². The molecule has 1 saturated heterocycles. The van der Waals surface area contributed by atoms with Crippen molar-refractivity contribution in [1.82, 2.24) is 4.90 Å². The fourth-order valence-electron chi connectivity index (χ4n) is 1.80. The highest BCUT2D eigenvalue weighted by Gasteiger charge is 2.33. The van der Waals surface area contributed by atoms with Crippen LogP contribution in [0, 0.1) is 3.57 Å². The van der Waals surface area contributed by atoms with Crippen molar-refractivity contribution >= 4 is 51.6 Å². The van der Waals surface area contributed by atoms with E-state index in [1.165, 1.54) is 4.90 Å². The number of amides is 2. The number of nitrogens with zero attached hydrogens (tertiary/aromatic N) is 1. The average molecular weight is 403 g/mol. The number of benzene rings is 1. The zero-order chi connectivity index (χ0) is 14.7. The molecular formula is C14H14INO3S. The first-order valence-electron chi connectivity index (χ1n) is 6.24. The number of imide groups is 1. The highest BCUT2D eigenvalue weighted by molar-refractivity contribution is 14.1. The van der Waals surface area contributed by atoms with E-state index in [0.29, 0.717) is 18.1 Å². The van der Waals surface area contributed by atoms with Gasteiger partial charge in [0, 0.05) is 6.54 Å². The van der Waals surface area contributed by atoms with Crippen LogP contribution < -0.4 is 4.74 Å². The Labute approximate surface area is 135 Å². The maximum absolute atomic E-state index is 12.0. The molecule has 0 atom stereocenters. The largest absolute Gasteiger partial charge is 0.493 e. The summed E-state index contributed by atoms with van der Waals surface area (Å²) in [5.74, 6) is 0.610. The Morgan fingerprint density at radius 1 is 1.35 bits per heavy atom. The lowest BCUT2D eigenvalue weighted by molar-refractivity contribution is -0.122. The fraction of sp³-hybridized carbons (Fsp3) is 0.286. The summed E-state index contributed by atoms with van der Waals surface area (Å²) >= 11 is 3.18. The fourth-order valence-corrected chi connectivity index (χ4v) is 3.40. The Balaban J connectivity index is 2.26. The van der Waals surface area contributed by atoms with Gasteiger partial charge in [-0.3, -0.25) is 14.5 Å². The van der Waals surface area contributed by atoms with E-state index in [1.807, 2.05) is 25.1 Å². The monoisotopic (exact) mass is 403 g/mol. The summed E-state index contributed by atoms with van der Waals surface area (Å²) in [6.45, 7) is 4.75. The summed E-state index contributed by atoms with van der Waals surface area (Å²) in [5.41, 5.74) is 0.888. The molecule has 0 bridgehead atoms. The van der Waals surface area contributed by atoms with Gasteiger partial charge >= 0.3 is 0 Å². The van der Waals surface area contributed by atoms with Crippen LogP contribution in [0.25, 0.3) is 6.08 Å². The molecule has 6 heteroatoms. The van der Waals surface area contributed by atoms with Gasteiger partial charge in [0.25, 0.3) is 11.1 Å². The second-order valence-electron chi connectivity index (χ2n) is 4.05. The molecule has 4 nitrogen and oxygen atoms in total. The quantitative estimate of drug-likeness (QED) is 0.568. The number of carbonyl (C=O) groups is 2. The lowest BCUT2D eigenvalue weighted by Crippen LogP contribution is -2.27. The molecule has 106 valence electrons. The van der Waals surface area contributed by atoms with Gasteiger partial charge in [-0.05, 0) is 72.0 Å². The summed E-state index contributed by atoms with van der Waals surface area (Å²) < 4.78 is 6.45. The number of hydrogen-bond donors (Lipinski definition) is 0. The number of halogens is 1. The summed E-state index contributed by atoms with van der Waals surface area (Å²) in [5, 5.41) is -0.204. The third-order valence-corrected chi connectivity index (χ3v) is 4.49. The Morgan fingerprint density at radius 3 is 2.65 bits per heavy atom. The van der Waals surface area contributed by atoms with Crippen LogP contribution >= 0.6 is 34.4 Å². The lowest BCUT2D eigenvalue weighted by Gasteiger charge is -2.07. The molecule has 20 heavy (non-hydrogen) atoms. The molecule has 1 heterocycles. The smallest absolute Gasteiger partial charge is 0.293 e. The second-order valence-corrected chi connectivity index (χ2v) is 6.20. The van der Waals surface area contributed by atoms with E-state index in [9.17, 15) is 9.59 Å². The van der Waals surface area contributed by atoms with Crippen LogP contribution in [0.15, 0.2) is 23.1 Å². The van der Waals surface area contributed by atoms with Crippen molar-refractivity contribution in [3.63, 3.8) is 0 Å². The summed E-state index contributed by atoms with van der Waals surface area (Å²) in [6, 6.07) is 5.69. The number of hydrogen-bond acceptors (Lipinski definition) is 4.